The third-order valence-electron chi connectivity index (χ3n) is 3.79. The highest BCUT2D eigenvalue weighted by atomic mass is 16.5. The van der Waals surface area contributed by atoms with Crippen LogP contribution >= 0.6 is 0 Å². The first kappa shape index (κ1) is 15.1. The van der Waals surface area contributed by atoms with Gasteiger partial charge in [-0.05, 0) is 12.5 Å². The van der Waals surface area contributed by atoms with Gasteiger partial charge in [0.05, 0.1) is 14.2 Å². The number of aliphatic hydroxyl groups excluding tert-OH is 1. The highest BCUT2D eigenvalue weighted by molar-refractivity contribution is 5.48. The van der Waals surface area contributed by atoms with Gasteiger partial charge in [0.2, 0.25) is 0 Å². The van der Waals surface area contributed by atoms with E-state index >= 15 is 0 Å². The molecule has 5 nitrogen and oxygen atoms in total. The number of aliphatic hydroxyl groups is 1. The van der Waals surface area contributed by atoms with E-state index in [9.17, 15) is 5.11 Å². The molecule has 2 rings (SSSR count). The van der Waals surface area contributed by atoms with Crippen molar-refractivity contribution in [2.24, 2.45) is 0 Å². The Morgan fingerprint density at radius 3 is 2.60 bits per heavy atom. The molecule has 0 radical (unpaired) electrons. The number of hydrogen-bond acceptors (Lipinski definition) is 5. The van der Waals surface area contributed by atoms with Crippen LogP contribution in [0.15, 0.2) is 18.2 Å². The Morgan fingerprint density at radius 2 is 2.00 bits per heavy atom. The van der Waals surface area contributed by atoms with Gasteiger partial charge in [-0.3, -0.25) is 4.90 Å². The quantitative estimate of drug-likeness (QED) is 0.815. The molecule has 0 aromatic heterocycles. The largest absolute Gasteiger partial charge is 0.493 e. The Morgan fingerprint density at radius 1 is 1.25 bits per heavy atom. The van der Waals surface area contributed by atoms with E-state index in [0.29, 0.717) is 6.42 Å². The summed E-state index contributed by atoms with van der Waals surface area (Å²) in [6, 6.07) is 6.09. The van der Waals surface area contributed by atoms with Crippen molar-refractivity contribution >= 4 is 0 Å². The van der Waals surface area contributed by atoms with Crippen molar-refractivity contribution < 1.29 is 14.6 Å². The minimum absolute atomic E-state index is 0.159. The summed E-state index contributed by atoms with van der Waals surface area (Å²) < 4.78 is 10.9. The summed E-state index contributed by atoms with van der Waals surface area (Å²) in [4.78, 5) is 2.39. The zero-order chi connectivity index (χ0) is 14.4. The van der Waals surface area contributed by atoms with Crippen LogP contribution in [0.5, 0.6) is 11.5 Å². The fraction of sp³-hybridized carbons (Fsp3) is 0.600. The predicted molar refractivity (Wildman–Crippen MR) is 78.4 cm³/mol. The van der Waals surface area contributed by atoms with E-state index in [2.05, 4.69) is 16.3 Å². The SMILES string of the molecule is COc1cccc([C@@H](CCO)N2CCNCC2)c1OC. The van der Waals surface area contributed by atoms with Crippen molar-refractivity contribution in [2.45, 2.75) is 12.5 Å². The molecule has 5 heteroatoms. The standard InChI is InChI=1S/C15H24N2O3/c1-19-14-5-3-4-12(15(14)20-2)13(6-11-18)17-9-7-16-8-10-17/h3-5,13,16,18H,6-11H2,1-2H3/t13-/m1/s1. The molecule has 0 bridgehead atoms. The number of rotatable bonds is 6. The average molecular weight is 280 g/mol. The second kappa shape index (κ2) is 7.47. The Labute approximate surface area is 120 Å². The van der Waals surface area contributed by atoms with E-state index < -0.39 is 0 Å². The van der Waals surface area contributed by atoms with Crippen LogP contribution in [-0.4, -0.2) is 57.0 Å². The summed E-state index contributed by atoms with van der Waals surface area (Å²) in [7, 11) is 3.31. The monoisotopic (exact) mass is 280 g/mol. The smallest absolute Gasteiger partial charge is 0.165 e. The Bertz CT molecular complexity index is 420. The Kier molecular flexibility index (Phi) is 5.64. The molecule has 20 heavy (non-hydrogen) atoms. The van der Waals surface area contributed by atoms with E-state index in [-0.39, 0.29) is 12.6 Å². The van der Waals surface area contributed by atoms with Crippen molar-refractivity contribution in [2.75, 3.05) is 47.0 Å². The summed E-state index contributed by atoms with van der Waals surface area (Å²) in [6.07, 6.45) is 0.698. The molecule has 1 heterocycles. The van der Waals surface area contributed by atoms with Gasteiger partial charge in [0.1, 0.15) is 0 Å². The molecule has 1 aromatic carbocycles. The normalized spacial score (nSPS) is 17.8. The highest BCUT2D eigenvalue weighted by Crippen LogP contribution is 2.38. The van der Waals surface area contributed by atoms with Crippen molar-refractivity contribution in [1.29, 1.82) is 0 Å². The predicted octanol–water partition coefficient (Wildman–Crippen LogP) is 1.03. The third kappa shape index (κ3) is 3.23. The van der Waals surface area contributed by atoms with Gasteiger partial charge in [-0.25, -0.2) is 0 Å². The maximum absolute atomic E-state index is 9.40. The summed E-state index contributed by atoms with van der Waals surface area (Å²) in [5.74, 6) is 1.51. The minimum atomic E-state index is 0.159. The maximum Gasteiger partial charge on any atom is 0.165 e. The molecule has 2 N–H and O–H groups in total. The number of ether oxygens (including phenoxy) is 2. The molecule has 1 aromatic rings. The van der Waals surface area contributed by atoms with Crippen LogP contribution in [-0.2, 0) is 0 Å². The first-order chi connectivity index (χ1) is 9.81. The number of nitrogens with one attached hydrogen (secondary N) is 1. The number of methoxy groups -OCH3 is 2. The summed E-state index contributed by atoms with van der Waals surface area (Å²) in [6.45, 7) is 4.08. The second-order valence-electron chi connectivity index (χ2n) is 4.90. The molecular weight excluding hydrogens is 256 g/mol. The molecule has 1 aliphatic rings. The molecular formula is C15H24N2O3. The first-order valence-corrected chi connectivity index (χ1v) is 7.08. The molecule has 1 saturated heterocycles. The number of hydrogen-bond donors (Lipinski definition) is 2. The lowest BCUT2D eigenvalue weighted by Gasteiger charge is -2.35. The van der Waals surface area contributed by atoms with E-state index in [1.807, 2.05) is 12.1 Å². The van der Waals surface area contributed by atoms with Gasteiger partial charge in [0, 0.05) is 44.4 Å². The lowest BCUT2D eigenvalue weighted by Crippen LogP contribution is -2.45. The molecule has 1 fully saturated rings. The fourth-order valence-corrected chi connectivity index (χ4v) is 2.83. The van der Waals surface area contributed by atoms with Gasteiger partial charge < -0.3 is 19.9 Å². The molecule has 0 saturated carbocycles. The summed E-state index contributed by atoms with van der Waals surface area (Å²) in [5.41, 5.74) is 1.09. The minimum Gasteiger partial charge on any atom is -0.493 e. The van der Waals surface area contributed by atoms with Crippen LogP contribution in [0.3, 0.4) is 0 Å². The van der Waals surface area contributed by atoms with Crippen molar-refractivity contribution in [3.63, 3.8) is 0 Å². The molecule has 0 aliphatic carbocycles. The summed E-state index contributed by atoms with van der Waals surface area (Å²) in [5, 5.41) is 12.8. The van der Waals surface area contributed by atoms with Crippen molar-refractivity contribution in [3.05, 3.63) is 23.8 Å². The van der Waals surface area contributed by atoms with Gasteiger partial charge in [0.25, 0.3) is 0 Å². The van der Waals surface area contributed by atoms with E-state index in [4.69, 9.17) is 9.47 Å². The number of para-hydroxylation sites is 1. The maximum atomic E-state index is 9.40. The third-order valence-corrected chi connectivity index (χ3v) is 3.79. The van der Waals surface area contributed by atoms with Crippen molar-refractivity contribution in [1.82, 2.24) is 10.2 Å². The zero-order valence-corrected chi connectivity index (χ0v) is 12.3. The van der Waals surface area contributed by atoms with Crippen LogP contribution < -0.4 is 14.8 Å². The Hall–Kier alpha value is -1.30. The molecule has 1 atom stereocenters. The lowest BCUT2D eigenvalue weighted by atomic mass is 10.00. The molecule has 0 amide bonds. The van der Waals surface area contributed by atoms with Crippen molar-refractivity contribution in [3.8, 4) is 11.5 Å². The van der Waals surface area contributed by atoms with Gasteiger partial charge in [-0.1, -0.05) is 12.1 Å². The van der Waals surface area contributed by atoms with Gasteiger partial charge in [-0.15, -0.1) is 0 Å². The van der Waals surface area contributed by atoms with Gasteiger partial charge >= 0.3 is 0 Å². The lowest BCUT2D eigenvalue weighted by molar-refractivity contribution is 0.138. The van der Waals surface area contributed by atoms with Gasteiger partial charge in [0.15, 0.2) is 11.5 Å². The van der Waals surface area contributed by atoms with Gasteiger partial charge in [-0.2, -0.15) is 0 Å². The average Bonchev–Trinajstić information content (AvgIpc) is 2.52. The fourth-order valence-electron chi connectivity index (χ4n) is 2.83. The van der Waals surface area contributed by atoms with Crippen LogP contribution in [0.1, 0.15) is 18.0 Å². The molecule has 112 valence electrons. The van der Waals surface area contributed by atoms with Crippen LogP contribution in [0.2, 0.25) is 0 Å². The second-order valence-corrected chi connectivity index (χ2v) is 4.90. The van der Waals surface area contributed by atoms with E-state index in [1.165, 1.54) is 0 Å². The zero-order valence-electron chi connectivity index (χ0n) is 12.3. The number of nitrogens with zero attached hydrogens (tertiary/aromatic N) is 1. The molecule has 0 unspecified atom stereocenters. The molecule has 0 spiro atoms. The van der Waals surface area contributed by atoms with E-state index in [0.717, 1.165) is 43.2 Å². The molecule has 1 aliphatic heterocycles. The summed E-state index contributed by atoms with van der Waals surface area (Å²) >= 11 is 0. The van der Waals surface area contributed by atoms with E-state index in [1.54, 1.807) is 14.2 Å². The van der Waals surface area contributed by atoms with Crippen LogP contribution in [0, 0.1) is 0 Å². The number of piperazine rings is 1. The Balaban J connectivity index is 2.32. The first-order valence-electron chi connectivity index (χ1n) is 7.08. The van der Waals surface area contributed by atoms with Crippen LogP contribution in [0.25, 0.3) is 0 Å². The highest BCUT2D eigenvalue weighted by Gasteiger charge is 2.25. The number of benzene rings is 1. The topological polar surface area (TPSA) is 54.0 Å². The van der Waals surface area contributed by atoms with Crippen LogP contribution in [0.4, 0.5) is 0 Å².